The summed E-state index contributed by atoms with van der Waals surface area (Å²) in [6.45, 7) is 2.20. The van der Waals surface area contributed by atoms with E-state index in [4.69, 9.17) is 9.72 Å². The number of benzene rings is 2. The monoisotopic (exact) mass is 481 g/mol. The zero-order valence-electron chi connectivity index (χ0n) is 20.4. The van der Waals surface area contributed by atoms with E-state index in [1.54, 1.807) is 6.07 Å². The largest absolute Gasteiger partial charge is 0.497 e. The van der Waals surface area contributed by atoms with Gasteiger partial charge in [0.1, 0.15) is 23.5 Å². The number of methoxy groups -OCH3 is 1. The van der Waals surface area contributed by atoms with Crippen LogP contribution < -0.4 is 9.64 Å². The van der Waals surface area contributed by atoms with Gasteiger partial charge < -0.3 is 24.4 Å². The summed E-state index contributed by atoms with van der Waals surface area (Å²) < 4.78 is 21.5. The third-order valence-electron chi connectivity index (χ3n) is 7.87. The lowest BCUT2D eigenvalue weighted by Gasteiger charge is -2.34. The lowest BCUT2D eigenvalue weighted by molar-refractivity contribution is -0.143. The Labute approximate surface area is 204 Å². The van der Waals surface area contributed by atoms with Crippen LogP contribution in [0.15, 0.2) is 30.3 Å². The maximum atomic E-state index is 14.3. The second-order valence-electron chi connectivity index (χ2n) is 9.95. The Kier molecular flexibility index (Phi) is 6.17. The van der Waals surface area contributed by atoms with Gasteiger partial charge in [-0.2, -0.15) is 0 Å². The van der Waals surface area contributed by atoms with Crippen LogP contribution in [0.1, 0.15) is 68.1 Å². The number of aliphatic hydroxyl groups is 1. The molecule has 2 heterocycles. The molecule has 8 heteroatoms. The number of nitrogens with zero attached hydrogens (tertiary/aromatic N) is 3. The molecule has 35 heavy (non-hydrogen) atoms. The molecular formula is C27H32FN3O4. The summed E-state index contributed by atoms with van der Waals surface area (Å²) in [6, 6.07) is 8.61. The lowest BCUT2D eigenvalue weighted by atomic mass is 9.85. The molecule has 1 fully saturated rings. The first-order chi connectivity index (χ1) is 16.8. The Morgan fingerprint density at radius 2 is 2.03 bits per heavy atom. The molecule has 0 amide bonds. The molecule has 0 radical (unpaired) electrons. The minimum Gasteiger partial charge on any atom is -0.497 e. The number of fused-ring (bicyclic) bond motifs is 3. The molecule has 2 aliphatic rings. The Morgan fingerprint density at radius 1 is 1.23 bits per heavy atom. The molecule has 4 unspecified atom stereocenters. The fourth-order valence-electron chi connectivity index (χ4n) is 5.79. The molecule has 3 aromatic rings. The van der Waals surface area contributed by atoms with E-state index in [0.717, 1.165) is 48.0 Å². The van der Waals surface area contributed by atoms with Gasteiger partial charge in [-0.25, -0.2) is 9.37 Å². The van der Waals surface area contributed by atoms with Gasteiger partial charge in [-0.1, -0.05) is 6.42 Å². The van der Waals surface area contributed by atoms with Crippen molar-refractivity contribution in [1.29, 1.82) is 0 Å². The molecule has 186 valence electrons. The van der Waals surface area contributed by atoms with Gasteiger partial charge in [0.25, 0.3) is 0 Å². The summed E-state index contributed by atoms with van der Waals surface area (Å²) in [6.07, 6.45) is 3.40. The molecule has 0 spiro atoms. The summed E-state index contributed by atoms with van der Waals surface area (Å²) in [7, 11) is 3.54. The number of aliphatic hydroxyl groups excluding tert-OH is 1. The predicted molar refractivity (Wildman–Crippen MR) is 132 cm³/mol. The Morgan fingerprint density at radius 3 is 2.77 bits per heavy atom. The van der Waals surface area contributed by atoms with E-state index in [2.05, 4.69) is 24.9 Å². The van der Waals surface area contributed by atoms with Crippen LogP contribution in [0, 0.1) is 11.7 Å². The molecule has 1 aliphatic carbocycles. The van der Waals surface area contributed by atoms with Crippen molar-refractivity contribution in [2.75, 3.05) is 19.1 Å². The number of anilines is 1. The third-order valence-corrected chi connectivity index (χ3v) is 7.87. The number of halogens is 1. The van der Waals surface area contributed by atoms with E-state index in [9.17, 15) is 19.4 Å². The molecule has 2 aromatic carbocycles. The number of rotatable bonds is 5. The number of carboxylic acids is 1. The number of ether oxygens (including phenoxy) is 1. The first-order valence-corrected chi connectivity index (χ1v) is 12.3. The smallest absolute Gasteiger partial charge is 0.306 e. The number of carboxylic acid groups (broad SMARTS) is 1. The third kappa shape index (κ3) is 4.14. The lowest BCUT2D eigenvalue weighted by Crippen LogP contribution is -2.33. The maximum absolute atomic E-state index is 14.3. The zero-order valence-corrected chi connectivity index (χ0v) is 20.4. The van der Waals surface area contributed by atoms with Gasteiger partial charge in [0.2, 0.25) is 0 Å². The van der Waals surface area contributed by atoms with Crippen LogP contribution in [0.25, 0.3) is 11.0 Å². The van der Waals surface area contributed by atoms with Crippen LogP contribution in [0.3, 0.4) is 0 Å². The number of aryl methyl sites for hydroxylation is 1. The number of hydrogen-bond acceptors (Lipinski definition) is 5. The quantitative estimate of drug-likeness (QED) is 0.542. The highest BCUT2D eigenvalue weighted by Gasteiger charge is 2.33. The van der Waals surface area contributed by atoms with Crippen molar-refractivity contribution in [2.24, 2.45) is 5.92 Å². The van der Waals surface area contributed by atoms with Crippen LogP contribution in [0.5, 0.6) is 5.75 Å². The highest BCUT2D eigenvalue weighted by molar-refractivity contribution is 5.86. The van der Waals surface area contributed by atoms with Crippen molar-refractivity contribution in [3.63, 3.8) is 0 Å². The molecular weight excluding hydrogens is 449 g/mol. The molecule has 2 N–H and O–H groups in total. The molecule has 0 saturated heterocycles. The van der Waals surface area contributed by atoms with Crippen molar-refractivity contribution in [3.05, 3.63) is 53.1 Å². The summed E-state index contributed by atoms with van der Waals surface area (Å²) in [5.41, 5.74) is 4.33. The topological polar surface area (TPSA) is 87.8 Å². The van der Waals surface area contributed by atoms with Gasteiger partial charge in [0.15, 0.2) is 0 Å². The zero-order chi connectivity index (χ0) is 24.9. The SMILES string of the molecule is COc1cc(F)cc(C(O)c2nc3c4c(ccc3n2C2CCCC(C(=O)O)C2)N(C)C(C)CC4)c1. The first kappa shape index (κ1) is 23.6. The average molecular weight is 482 g/mol. The van der Waals surface area contributed by atoms with Gasteiger partial charge in [0, 0.05) is 36.4 Å². The van der Waals surface area contributed by atoms with Gasteiger partial charge in [-0.05, 0) is 68.9 Å². The number of hydrogen-bond donors (Lipinski definition) is 2. The first-order valence-electron chi connectivity index (χ1n) is 12.3. The van der Waals surface area contributed by atoms with E-state index in [-0.39, 0.29) is 6.04 Å². The van der Waals surface area contributed by atoms with Crippen LogP contribution in [0.2, 0.25) is 0 Å². The minimum atomic E-state index is -1.19. The van der Waals surface area contributed by atoms with Crippen molar-refractivity contribution in [1.82, 2.24) is 9.55 Å². The highest BCUT2D eigenvalue weighted by Crippen LogP contribution is 2.42. The summed E-state index contributed by atoms with van der Waals surface area (Å²) >= 11 is 0. The highest BCUT2D eigenvalue weighted by atomic mass is 19.1. The molecule has 7 nitrogen and oxygen atoms in total. The molecule has 4 atom stereocenters. The van der Waals surface area contributed by atoms with Crippen molar-refractivity contribution >= 4 is 22.7 Å². The predicted octanol–water partition coefficient (Wildman–Crippen LogP) is 4.85. The second-order valence-corrected chi connectivity index (χ2v) is 9.95. The molecule has 0 bridgehead atoms. The number of imidazole rings is 1. The van der Waals surface area contributed by atoms with Gasteiger partial charge >= 0.3 is 5.97 Å². The molecule has 1 aliphatic heterocycles. The maximum Gasteiger partial charge on any atom is 0.306 e. The number of carbonyl (C=O) groups is 1. The van der Waals surface area contributed by atoms with Crippen LogP contribution >= 0.6 is 0 Å². The van der Waals surface area contributed by atoms with Crippen molar-refractivity contribution in [2.45, 2.75) is 63.6 Å². The van der Waals surface area contributed by atoms with E-state index in [1.165, 1.54) is 19.2 Å². The number of aromatic nitrogens is 2. The van der Waals surface area contributed by atoms with Crippen LogP contribution in [0.4, 0.5) is 10.1 Å². The Hall–Kier alpha value is -3.13. The van der Waals surface area contributed by atoms with Crippen LogP contribution in [-0.2, 0) is 11.2 Å². The van der Waals surface area contributed by atoms with Gasteiger partial charge in [-0.15, -0.1) is 0 Å². The van der Waals surface area contributed by atoms with Crippen molar-refractivity contribution < 1.29 is 24.1 Å². The average Bonchev–Trinajstić information content (AvgIpc) is 3.25. The summed E-state index contributed by atoms with van der Waals surface area (Å²) in [4.78, 5) is 19.0. The second kappa shape index (κ2) is 9.15. The van der Waals surface area contributed by atoms with Gasteiger partial charge in [-0.3, -0.25) is 4.79 Å². The molecule has 1 aromatic heterocycles. The summed E-state index contributed by atoms with van der Waals surface area (Å²) in [5, 5.41) is 21.2. The van der Waals surface area contributed by atoms with E-state index < -0.39 is 23.8 Å². The minimum absolute atomic E-state index is 0.117. The normalized spacial score (nSPS) is 23.2. The fraction of sp³-hybridized carbons (Fsp3) is 0.481. The Balaban J connectivity index is 1.69. The van der Waals surface area contributed by atoms with E-state index >= 15 is 0 Å². The van der Waals surface area contributed by atoms with Crippen LogP contribution in [-0.4, -0.2) is 45.9 Å². The number of aliphatic carboxylic acids is 1. The Bertz CT molecular complexity index is 1270. The summed E-state index contributed by atoms with van der Waals surface area (Å²) in [5.74, 6) is -0.992. The van der Waals surface area contributed by atoms with E-state index in [0.29, 0.717) is 36.0 Å². The fourth-order valence-corrected chi connectivity index (χ4v) is 5.79. The molecule has 5 rings (SSSR count). The van der Waals surface area contributed by atoms with E-state index in [1.807, 2.05) is 10.6 Å². The van der Waals surface area contributed by atoms with Crippen molar-refractivity contribution in [3.8, 4) is 5.75 Å². The standard InChI is InChI=1S/C27H32FN3O4/c1-15-7-8-21-22(30(15)2)9-10-23-24(21)29-26(25(32)17-11-18(28)14-20(13-17)35-3)31(23)19-6-4-5-16(12-19)27(33)34/h9-11,13-16,19,25,32H,4-8,12H2,1-3H3,(H,33,34). The van der Waals surface area contributed by atoms with Gasteiger partial charge in [0.05, 0.1) is 24.1 Å². The molecule has 1 saturated carbocycles.